The number of amides is 3. The van der Waals surface area contributed by atoms with Crippen LogP contribution < -0.4 is 20.5 Å². The molecule has 0 saturated carbocycles. The highest BCUT2D eigenvalue weighted by molar-refractivity contribution is 8.77. The van der Waals surface area contributed by atoms with Gasteiger partial charge in [-0.2, -0.15) is 8.42 Å². The Balaban J connectivity index is 2.10. The van der Waals surface area contributed by atoms with Gasteiger partial charge in [0.2, 0.25) is 0 Å². The minimum absolute atomic E-state index is 0.511. The molecule has 22 heavy (non-hydrogen) atoms. The van der Waals surface area contributed by atoms with Crippen molar-refractivity contribution in [1.29, 1.82) is 0 Å². The predicted octanol–water partition coefficient (Wildman–Crippen LogP) is 0.318. The van der Waals surface area contributed by atoms with E-state index in [0.717, 1.165) is 24.5 Å². The number of carbonyl (C=O) groups is 2. The van der Waals surface area contributed by atoms with Crippen molar-refractivity contribution in [3.63, 3.8) is 0 Å². The molecule has 8 nitrogen and oxygen atoms in total. The van der Waals surface area contributed by atoms with Gasteiger partial charge < -0.3 is 10.6 Å². The van der Waals surface area contributed by atoms with Gasteiger partial charge in [-0.1, -0.05) is 28.0 Å². The molecule has 2 atom stereocenters. The average Bonchev–Trinajstić information content (AvgIpc) is 2.89. The molecule has 0 radical (unpaired) electrons. The molecule has 1 heterocycles. The summed E-state index contributed by atoms with van der Waals surface area (Å²) in [7, 11) is -0.264. The smallest absolute Gasteiger partial charge is 0.315 e. The van der Waals surface area contributed by atoms with Crippen LogP contribution in [0.1, 0.15) is 32.6 Å². The summed E-state index contributed by atoms with van der Waals surface area (Å²) >= 11 is 0. The number of carbonyl (C=O) groups excluding carboxylic acids is 2. The van der Waals surface area contributed by atoms with E-state index in [0.29, 0.717) is 6.54 Å². The number of nitrogens with two attached hydrogens (primary N) is 1. The van der Waals surface area contributed by atoms with Gasteiger partial charge >= 0.3 is 6.03 Å². The number of rotatable bonds is 8. The van der Waals surface area contributed by atoms with Gasteiger partial charge in [0.15, 0.2) is 0 Å². The van der Waals surface area contributed by atoms with Crippen LogP contribution in [0.2, 0.25) is 0 Å². The van der Waals surface area contributed by atoms with Crippen molar-refractivity contribution in [2.45, 2.75) is 43.9 Å². The number of nitrogens with one attached hydrogen (secondary N) is 3. The van der Waals surface area contributed by atoms with E-state index in [2.05, 4.69) is 15.8 Å². The average molecular weight is 371 g/mol. The standard InChI is InChI=1S/C11H22N4O4S3/c1-8(10(16)15-22(12,18)19)14-11(17)13-6-3-2-4-9-5-7-20-21-9/h8-9H,2-7H2,1H3,(H,15,16)(H2,12,18,19)(H2,13,14,17). The first-order valence-corrected chi connectivity index (χ1v) is 10.9. The summed E-state index contributed by atoms with van der Waals surface area (Å²) in [6, 6.07) is -1.51. The van der Waals surface area contributed by atoms with Gasteiger partial charge in [-0.25, -0.2) is 14.7 Å². The maximum atomic E-state index is 11.6. The SMILES string of the molecule is CC(NC(=O)NCCCCC1CCSS1)C(=O)NS(N)(=O)=O. The predicted molar refractivity (Wildman–Crippen MR) is 89.6 cm³/mol. The van der Waals surface area contributed by atoms with Gasteiger partial charge in [0.25, 0.3) is 16.1 Å². The molecule has 128 valence electrons. The normalized spacial score (nSPS) is 19.5. The topological polar surface area (TPSA) is 130 Å². The second-order valence-electron chi connectivity index (χ2n) is 4.96. The van der Waals surface area contributed by atoms with Crippen molar-refractivity contribution in [3.8, 4) is 0 Å². The Bertz CT molecular complexity index is 480. The van der Waals surface area contributed by atoms with E-state index in [1.165, 1.54) is 19.1 Å². The summed E-state index contributed by atoms with van der Waals surface area (Å²) in [4.78, 5) is 23.0. The maximum absolute atomic E-state index is 11.6. The molecule has 0 bridgehead atoms. The number of hydrogen-bond donors (Lipinski definition) is 4. The molecule has 1 aliphatic rings. The lowest BCUT2D eigenvalue weighted by atomic mass is 10.1. The van der Waals surface area contributed by atoms with E-state index < -0.39 is 28.2 Å². The fourth-order valence-electron chi connectivity index (χ4n) is 1.81. The molecule has 3 amide bonds. The minimum atomic E-state index is -4.11. The fourth-order valence-corrected chi connectivity index (χ4v) is 5.29. The van der Waals surface area contributed by atoms with Gasteiger partial charge in [-0.15, -0.1) is 0 Å². The van der Waals surface area contributed by atoms with E-state index >= 15 is 0 Å². The van der Waals surface area contributed by atoms with E-state index in [9.17, 15) is 18.0 Å². The summed E-state index contributed by atoms with van der Waals surface area (Å²) in [5.74, 6) is 0.336. The third-order valence-electron chi connectivity index (χ3n) is 2.95. The molecule has 0 aromatic carbocycles. The van der Waals surface area contributed by atoms with Crippen LogP contribution >= 0.6 is 21.6 Å². The van der Waals surface area contributed by atoms with Crippen molar-refractivity contribution in [3.05, 3.63) is 0 Å². The van der Waals surface area contributed by atoms with Crippen molar-refractivity contribution in [2.75, 3.05) is 12.3 Å². The Hall–Kier alpha value is -0.650. The molecule has 5 N–H and O–H groups in total. The summed E-state index contributed by atoms with van der Waals surface area (Å²) < 4.78 is 23.0. The van der Waals surface area contributed by atoms with Gasteiger partial charge in [0.1, 0.15) is 6.04 Å². The largest absolute Gasteiger partial charge is 0.338 e. The molecule has 1 aliphatic heterocycles. The van der Waals surface area contributed by atoms with Crippen LogP contribution in [-0.2, 0) is 15.0 Å². The molecule has 0 aliphatic carbocycles. The first-order chi connectivity index (χ1) is 10.3. The fraction of sp³-hybridized carbons (Fsp3) is 0.818. The van der Waals surface area contributed by atoms with Crippen LogP contribution in [0.25, 0.3) is 0 Å². The molecule has 0 aromatic heterocycles. The van der Waals surface area contributed by atoms with Crippen molar-refractivity contribution in [1.82, 2.24) is 15.4 Å². The summed E-state index contributed by atoms with van der Waals surface area (Å²) in [6.07, 6.45) is 4.31. The Labute approximate surface area is 138 Å². The summed E-state index contributed by atoms with van der Waals surface area (Å²) in [5, 5.41) is 10.4. The van der Waals surface area contributed by atoms with E-state index in [1.807, 2.05) is 21.6 Å². The van der Waals surface area contributed by atoms with Gasteiger partial charge in [-0.3, -0.25) is 4.79 Å². The monoisotopic (exact) mass is 370 g/mol. The van der Waals surface area contributed by atoms with Crippen molar-refractivity contribution in [2.24, 2.45) is 5.14 Å². The van der Waals surface area contributed by atoms with Crippen molar-refractivity contribution < 1.29 is 18.0 Å². The number of unbranched alkanes of at least 4 members (excludes halogenated alkanes) is 1. The Morgan fingerprint density at radius 1 is 1.36 bits per heavy atom. The minimum Gasteiger partial charge on any atom is -0.338 e. The van der Waals surface area contributed by atoms with Gasteiger partial charge in [0, 0.05) is 17.5 Å². The third kappa shape index (κ3) is 8.71. The van der Waals surface area contributed by atoms with Gasteiger partial charge in [0.05, 0.1) is 0 Å². The Morgan fingerprint density at radius 2 is 2.09 bits per heavy atom. The second-order valence-corrected chi connectivity index (χ2v) is 9.04. The lowest BCUT2D eigenvalue weighted by Crippen LogP contribution is -2.50. The molecule has 0 aromatic rings. The summed E-state index contributed by atoms with van der Waals surface area (Å²) in [6.45, 7) is 1.88. The van der Waals surface area contributed by atoms with Gasteiger partial charge in [-0.05, 0) is 26.2 Å². The first-order valence-electron chi connectivity index (χ1n) is 6.95. The Kier molecular flexibility index (Phi) is 8.36. The zero-order chi connectivity index (χ0) is 16.6. The highest BCUT2D eigenvalue weighted by Crippen LogP contribution is 2.39. The summed E-state index contributed by atoms with van der Waals surface area (Å²) in [5.41, 5.74) is 0. The van der Waals surface area contributed by atoms with E-state index in [-0.39, 0.29) is 0 Å². The zero-order valence-corrected chi connectivity index (χ0v) is 14.8. The van der Waals surface area contributed by atoms with Crippen LogP contribution in [0.4, 0.5) is 4.79 Å². The molecular weight excluding hydrogens is 348 g/mol. The van der Waals surface area contributed by atoms with Crippen LogP contribution in [0.5, 0.6) is 0 Å². The highest BCUT2D eigenvalue weighted by atomic mass is 33.1. The molecule has 11 heteroatoms. The molecule has 1 saturated heterocycles. The first kappa shape index (κ1) is 19.4. The highest BCUT2D eigenvalue weighted by Gasteiger charge is 2.19. The zero-order valence-electron chi connectivity index (χ0n) is 12.3. The third-order valence-corrected chi connectivity index (χ3v) is 6.44. The van der Waals surface area contributed by atoms with Crippen LogP contribution in [0.3, 0.4) is 0 Å². The maximum Gasteiger partial charge on any atom is 0.315 e. The molecule has 0 spiro atoms. The van der Waals surface area contributed by atoms with Crippen LogP contribution in [0, 0.1) is 0 Å². The lowest BCUT2D eigenvalue weighted by molar-refractivity contribution is -0.120. The van der Waals surface area contributed by atoms with Crippen LogP contribution in [0.15, 0.2) is 0 Å². The Morgan fingerprint density at radius 3 is 2.68 bits per heavy atom. The second kappa shape index (κ2) is 9.48. The molecule has 1 rings (SSSR count). The van der Waals surface area contributed by atoms with Crippen LogP contribution in [-0.4, -0.2) is 43.9 Å². The molecule has 1 fully saturated rings. The quantitative estimate of drug-likeness (QED) is 0.359. The van der Waals surface area contributed by atoms with E-state index in [4.69, 9.17) is 0 Å². The number of hydrogen-bond acceptors (Lipinski definition) is 6. The van der Waals surface area contributed by atoms with E-state index in [1.54, 1.807) is 4.72 Å². The number of urea groups is 1. The molecular formula is C11H22N4O4S3. The lowest BCUT2D eigenvalue weighted by Gasteiger charge is -2.14. The van der Waals surface area contributed by atoms with Crippen molar-refractivity contribution >= 4 is 43.7 Å². The molecule has 2 unspecified atom stereocenters.